The fourth-order valence-electron chi connectivity index (χ4n) is 1.66. The highest BCUT2D eigenvalue weighted by atomic mass is 16.5. The molecular formula is C15H15NO2. The molecule has 0 fully saturated rings. The third-order valence-electron chi connectivity index (χ3n) is 2.57. The molecule has 2 rings (SSSR count). The summed E-state index contributed by atoms with van der Waals surface area (Å²) < 4.78 is 5.25. The number of pyridine rings is 1. The highest BCUT2D eigenvalue weighted by Gasteiger charge is 2.07. The number of ether oxygens (including phenoxy) is 1. The first kappa shape index (κ1) is 12.3. The molecule has 0 aliphatic carbocycles. The summed E-state index contributed by atoms with van der Waals surface area (Å²) in [5.74, 6) is 0.176. The maximum atomic E-state index is 11.8. The van der Waals surface area contributed by atoms with Gasteiger partial charge in [0.1, 0.15) is 5.75 Å². The Labute approximate surface area is 106 Å². The van der Waals surface area contributed by atoms with E-state index >= 15 is 0 Å². The van der Waals surface area contributed by atoms with Crippen molar-refractivity contribution >= 4 is 5.97 Å². The van der Waals surface area contributed by atoms with Crippen LogP contribution < -0.4 is 4.74 Å². The summed E-state index contributed by atoms with van der Waals surface area (Å²) in [4.78, 5) is 15.6. The van der Waals surface area contributed by atoms with Crippen molar-refractivity contribution in [3.05, 3.63) is 59.9 Å². The molecule has 92 valence electrons. The van der Waals surface area contributed by atoms with Crippen LogP contribution in [-0.2, 0) is 6.42 Å². The van der Waals surface area contributed by atoms with Crippen LogP contribution in [0, 0.1) is 0 Å². The zero-order valence-corrected chi connectivity index (χ0v) is 10.3. The monoisotopic (exact) mass is 241 g/mol. The molecule has 0 amide bonds. The van der Waals surface area contributed by atoms with E-state index in [0.29, 0.717) is 11.3 Å². The number of aryl methyl sites for hydroxylation is 1. The summed E-state index contributed by atoms with van der Waals surface area (Å²) in [5.41, 5.74) is 1.70. The van der Waals surface area contributed by atoms with E-state index in [0.717, 1.165) is 12.8 Å². The van der Waals surface area contributed by atoms with Gasteiger partial charge in [-0.05, 0) is 36.2 Å². The Morgan fingerprint density at radius 2 is 2.00 bits per heavy atom. The van der Waals surface area contributed by atoms with E-state index < -0.39 is 0 Å². The van der Waals surface area contributed by atoms with Gasteiger partial charge in [-0.15, -0.1) is 0 Å². The number of benzene rings is 1. The minimum atomic E-state index is -0.383. The second kappa shape index (κ2) is 5.96. The molecule has 18 heavy (non-hydrogen) atoms. The zero-order chi connectivity index (χ0) is 12.8. The smallest absolute Gasteiger partial charge is 0.345 e. The van der Waals surface area contributed by atoms with Crippen LogP contribution in [0.5, 0.6) is 5.75 Å². The molecule has 0 aliphatic rings. The minimum absolute atomic E-state index is 0.383. The summed E-state index contributed by atoms with van der Waals surface area (Å²) in [7, 11) is 0. The number of aromatic nitrogens is 1. The van der Waals surface area contributed by atoms with Gasteiger partial charge < -0.3 is 4.74 Å². The van der Waals surface area contributed by atoms with E-state index in [4.69, 9.17) is 4.74 Å². The van der Waals surface area contributed by atoms with Gasteiger partial charge in [0.15, 0.2) is 0 Å². The highest BCUT2D eigenvalue weighted by Crippen LogP contribution is 2.14. The molecule has 0 bridgehead atoms. The lowest BCUT2D eigenvalue weighted by Gasteiger charge is -2.05. The Kier molecular flexibility index (Phi) is 4.07. The second-order valence-electron chi connectivity index (χ2n) is 4.03. The Balaban J connectivity index is 2.03. The standard InChI is InChI=1S/C15H15NO2/c1-2-4-12-6-8-14(9-7-12)18-15(17)13-5-3-10-16-11-13/h3,5-11H,2,4H2,1H3. The van der Waals surface area contributed by atoms with Crippen molar-refractivity contribution in [1.29, 1.82) is 0 Å². The molecule has 0 saturated heterocycles. The molecule has 0 radical (unpaired) electrons. The summed E-state index contributed by atoms with van der Waals surface area (Å²) >= 11 is 0. The van der Waals surface area contributed by atoms with Gasteiger partial charge in [0.05, 0.1) is 5.56 Å². The number of nitrogens with zero attached hydrogens (tertiary/aromatic N) is 1. The van der Waals surface area contributed by atoms with E-state index in [2.05, 4.69) is 11.9 Å². The van der Waals surface area contributed by atoms with Crippen molar-refractivity contribution in [1.82, 2.24) is 4.98 Å². The average molecular weight is 241 g/mol. The fourth-order valence-corrected chi connectivity index (χ4v) is 1.66. The van der Waals surface area contributed by atoms with Crippen molar-refractivity contribution in [3.63, 3.8) is 0 Å². The number of carbonyl (C=O) groups excluding carboxylic acids is 1. The van der Waals surface area contributed by atoms with Crippen LogP contribution in [-0.4, -0.2) is 11.0 Å². The third kappa shape index (κ3) is 3.17. The van der Waals surface area contributed by atoms with Crippen LogP contribution >= 0.6 is 0 Å². The third-order valence-corrected chi connectivity index (χ3v) is 2.57. The van der Waals surface area contributed by atoms with Crippen LogP contribution in [0.3, 0.4) is 0 Å². The lowest BCUT2D eigenvalue weighted by atomic mass is 10.1. The molecule has 2 aromatic rings. The van der Waals surface area contributed by atoms with Crippen LogP contribution in [0.15, 0.2) is 48.8 Å². The van der Waals surface area contributed by atoms with E-state index in [9.17, 15) is 4.79 Å². The Bertz CT molecular complexity index is 506. The number of rotatable bonds is 4. The molecule has 3 heteroatoms. The molecule has 0 N–H and O–H groups in total. The predicted molar refractivity (Wildman–Crippen MR) is 69.6 cm³/mol. The number of esters is 1. The Morgan fingerprint density at radius 3 is 2.61 bits per heavy atom. The first-order chi connectivity index (χ1) is 8.79. The Hall–Kier alpha value is -2.16. The quantitative estimate of drug-likeness (QED) is 0.609. The van der Waals surface area contributed by atoms with Crippen molar-refractivity contribution in [2.75, 3.05) is 0 Å². The first-order valence-electron chi connectivity index (χ1n) is 6.00. The lowest BCUT2D eigenvalue weighted by molar-refractivity contribution is 0.0734. The highest BCUT2D eigenvalue weighted by molar-refractivity contribution is 5.90. The second-order valence-corrected chi connectivity index (χ2v) is 4.03. The predicted octanol–water partition coefficient (Wildman–Crippen LogP) is 3.25. The molecule has 0 aliphatic heterocycles. The molecule has 0 unspecified atom stereocenters. The summed E-state index contributed by atoms with van der Waals surface area (Å²) in [6.07, 6.45) is 5.26. The summed E-state index contributed by atoms with van der Waals surface area (Å²) in [6, 6.07) is 11.0. The van der Waals surface area contributed by atoms with Crippen molar-refractivity contribution in [2.24, 2.45) is 0 Å². The fraction of sp³-hybridized carbons (Fsp3) is 0.200. The van der Waals surface area contributed by atoms with Gasteiger partial charge in [-0.2, -0.15) is 0 Å². The van der Waals surface area contributed by atoms with Gasteiger partial charge in [0, 0.05) is 12.4 Å². The average Bonchev–Trinajstić information content (AvgIpc) is 2.42. The van der Waals surface area contributed by atoms with E-state index in [1.807, 2.05) is 24.3 Å². The van der Waals surface area contributed by atoms with Gasteiger partial charge in [0.25, 0.3) is 0 Å². The van der Waals surface area contributed by atoms with Crippen LogP contribution in [0.2, 0.25) is 0 Å². The van der Waals surface area contributed by atoms with Gasteiger partial charge in [-0.1, -0.05) is 25.5 Å². The zero-order valence-electron chi connectivity index (χ0n) is 10.3. The SMILES string of the molecule is CCCc1ccc(OC(=O)c2cccnc2)cc1. The number of carbonyl (C=O) groups is 1. The molecule has 3 nitrogen and oxygen atoms in total. The molecule has 0 spiro atoms. The van der Waals surface area contributed by atoms with Crippen molar-refractivity contribution < 1.29 is 9.53 Å². The van der Waals surface area contributed by atoms with Gasteiger partial charge >= 0.3 is 5.97 Å². The van der Waals surface area contributed by atoms with Crippen LogP contribution in [0.4, 0.5) is 0 Å². The van der Waals surface area contributed by atoms with E-state index in [-0.39, 0.29) is 5.97 Å². The number of hydrogen-bond donors (Lipinski definition) is 0. The topological polar surface area (TPSA) is 39.2 Å². The summed E-state index contributed by atoms with van der Waals surface area (Å²) in [6.45, 7) is 2.14. The Morgan fingerprint density at radius 1 is 1.22 bits per heavy atom. The van der Waals surface area contributed by atoms with E-state index in [1.54, 1.807) is 18.3 Å². The van der Waals surface area contributed by atoms with E-state index in [1.165, 1.54) is 11.8 Å². The molecule has 1 heterocycles. The lowest BCUT2D eigenvalue weighted by Crippen LogP contribution is -2.08. The molecule has 0 atom stereocenters. The molecule has 0 saturated carbocycles. The molecule has 1 aromatic heterocycles. The van der Waals surface area contributed by atoms with Gasteiger partial charge in [-0.25, -0.2) is 4.79 Å². The van der Waals surface area contributed by atoms with Crippen LogP contribution in [0.1, 0.15) is 29.3 Å². The van der Waals surface area contributed by atoms with Crippen molar-refractivity contribution in [2.45, 2.75) is 19.8 Å². The van der Waals surface area contributed by atoms with Gasteiger partial charge in [-0.3, -0.25) is 4.98 Å². The normalized spacial score (nSPS) is 10.1. The number of hydrogen-bond acceptors (Lipinski definition) is 3. The largest absolute Gasteiger partial charge is 0.423 e. The minimum Gasteiger partial charge on any atom is -0.423 e. The van der Waals surface area contributed by atoms with Crippen molar-refractivity contribution in [3.8, 4) is 5.75 Å². The maximum absolute atomic E-state index is 11.8. The van der Waals surface area contributed by atoms with Crippen LogP contribution in [0.25, 0.3) is 0 Å². The molecule has 1 aromatic carbocycles. The molecular weight excluding hydrogens is 226 g/mol. The first-order valence-corrected chi connectivity index (χ1v) is 6.00. The van der Waals surface area contributed by atoms with Gasteiger partial charge in [0.2, 0.25) is 0 Å². The maximum Gasteiger partial charge on any atom is 0.345 e. The summed E-state index contributed by atoms with van der Waals surface area (Å²) in [5, 5.41) is 0.